The van der Waals surface area contributed by atoms with Crippen LogP contribution in [0.15, 0.2) is 42.5 Å². The SMILES string of the molecule is Bc1cc(-c2ccc(C3CCCCC3)cc2)ccc1C1CCCCC1. The van der Waals surface area contributed by atoms with Gasteiger partial charge in [0.15, 0.2) is 0 Å². The zero-order valence-corrected chi connectivity index (χ0v) is 15.8. The maximum absolute atomic E-state index is 2.42. The van der Waals surface area contributed by atoms with Gasteiger partial charge >= 0.3 is 0 Å². The zero-order valence-electron chi connectivity index (χ0n) is 15.8. The minimum absolute atomic E-state index is 0.802. The quantitative estimate of drug-likeness (QED) is 0.633. The Morgan fingerprint density at radius 2 is 1.16 bits per heavy atom. The number of hydrogen-bond donors (Lipinski definition) is 0. The summed E-state index contributed by atoms with van der Waals surface area (Å²) in [7, 11) is 2.31. The van der Waals surface area contributed by atoms with E-state index in [1.54, 1.807) is 11.1 Å². The molecule has 130 valence electrons. The maximum Gasteiger partial charge on any atom is 0.139 e. The van der Waals surface area contributed by atoms with Crippen molar-refractivity contribution in [2.45, 2.75) is 76.0 Å². The summed E-state index contributed by atoms with van der Waals surface area (Å²) in [5, 5.41) is 0. The maximum atomic E-state index is 2.42. The van der Waals surface area contributed by atoms with Crippen molar-refractivity contribution in [2.75, 3.05) is 0 Å². The van der Waals surface area contributed by atoms with Crippen LogP contribution >= 0.6 is 0 Å². The summed E-state index contributed by atoms with van der Waals surface area (Å²) in [6.45, 7) is 0. The van der Waals surface area contributed by atoms with Crippen molar-refractivity contribution in [3.05, 3.63) is 53.6 Å². The summed E-state index contributed by atoms with van der Waals surface area (Å²) in [6, 6.07) is 16.6. The lowest BCUT2D eigenvalue weighted by Gasteiger charge is -2.24. The topological polar surface area (TPSA) is 0 Å². The summed E-state index contributed by atoms with van der Waals surface area (Å²) in [4.78, 5) is 0. The summed E-state index contributed by atoms with van der Waals surface area (Å²) < 4.78 is 0. The van der Waals surface area contributed by atoms with E-state index in [0.717, 1.165) is 11.8 Å². The number of rotatable bonds is 3. The Morgan fingerprint density at radius 3 is 1.76 bits per heavy atom. The second-order valence-electron chi connectivity index (χ2n) is 8.36. The van der Waals surface area contributed by atoms with Gasteiger partial charge in [0.1, 0.15) is 7.85 Å². The molecular formula is C24H31B. The largest absolute Gasteiger partial charge is 0.139 e. The molecular weight excluding hydrogens is 299 g/mol. The molecule has 25 heavy (non-hydrogen) atoms. The Hall–Kier alpha value is -1.50. The van der Waals surface area contributed by atoms with Gasteiger partial charge in [-0.25, -0.2) is 0 Å². The minimum Gasteiger partial charge on any atom is -0.0849 e. The predicted molar refractivity (Wildman–Crippen MR) is 112 cm³/mol. The lowest BCUT2D eigenvalue weighted by Crippen LogP contribution is -2.16. The predicted octanol–water partition coefficient (Wildman–Crippen LogP) is 5.71. The lowest BCUT2D eigenvalue weighted by molar-refractivity contribution is 0.443. The van der Waals surface area contributed by atoms with Gasteiger partial charge in [-0.3, -0.25) is 0 Å². The highest BCUT2D eigenvalue weighted by Crippen LogP contribution is 2.35. The Bertz CT molecular complexity index is 689. The summed E-state index contributed by atoms with van der Waals surface area (Å²) in [5.74, 6) is 1.61. The fraction of sp³-hybridized carbons (Fsp3) is 0.500. The fourth-order valence-electron chi connectivity index (χ4n) is 5.11. The van der Waals surface area contributed by atoms with Crippen LogP contribution in [0.4, 0.5) is 0 Å². The van der Waals surface area contributed by atoms with E-state index in [2.05, 4.69) is 50.3 Å². The van der Waals surface area contributed by atoms with Gasteiger partial charge < -0.3 is 0 Å². The van der Waals surface area contributed by atoms with Gasteiger partial charge in [0.25, 0.3) is 0 Å². The van der Waals surface area contributed by atoms with Crippen molar-refractivity contribution < 1.29 is 0 Å². The highest BCUT2D eigenvalue weighted by Gasteiger charge is 2.18. The number of benzene rings is 2. The standard InChI is InChI=1S/C24H31B/c25-24-17-22(15-16-23(24)21-9-5-2-6-10-21)20-13-11-19(12-14-20)18-7-3-1-4-8-18/h11-18,21H,1-10,25H2. The smallest absolute Gasteiger partial charge is 0.0849 e. The van der Waals surface area contributed by atoms with Crippen LogP contribution in [0.3, 0.4) is 0 Å². The summed E-state index contributed by atoms with van der Waals surface area (Å²) in [6.07, 6.45) is 14.0. The molecule has 0 atom stereocenters. The van der Waals surface area contributed by atoms with Crippen molar-refractivity contribution >= 4 is 13.3 Å². The van der Waals surface area contributed by atoms with E-state index in [1.807, 2.05) is 0 Å². The Labute approximate surface area is 154 Å². The molecule has 1 heteroatoms. The van der Waals surface area contributed by atoms with Crippen LogP contribution in [0.1, 0.15) is 87.2 Å². The van der Waals surface area contributed by atoms with Crippen molar-refractivity contribution in [1.29, 1.82) is 0 Å². The van der Waals surface area contributed by atoms with Gasteiger partial charge in [0, 0.05) is 0 Å². The molecule has 0 radical (unpaired) electrons. The first kappa shape index (κ1) is 16.9. The molecule has 0 aliphatic heterocycles. The van der Waals surface area contributed by atoms with E-state index in [-0.39, 0.29) is 0 Å². The van der Waals surface area contributed by atoms with Gasteiger partial charge in [-0.15, -0.1) is 0 Å². The molecule has 0 unspecified atom stereocenters. The minimum atomic E-state index is 0.802. The summed E-state index contributed by atoms with van der Waals surface area (Å²) >= 11 is 0. The molecule has 2 saturated carbocycles. The van der Waals surface area contributed by atoms with Crippen molar-refractivity contribution in [2.24, 2.45) is 0 Å². The van der Waals surface area contributed by atoms with Crippen LogP contribution in [0.5, 0.6) is 0 Å². The fourth-order valence-corrected chi connectivity index (χ4v) is 5.11. The van der Waals surface area contributed by atoms with E-state index >= 15 is 0 Å². The molecule has 0 amide bonds. The molecule has 2 fully saturated rings. The van der Waals surface area contributed by atoms with Gasteiger partial charge in [0.05, 0.1) is 0 Å². The molecule has 0 spiro atoms. The average Bonchev–Trinajstić information content (AvgIpc) is 2.69. The van der Waals surface area contributed by atoms with Crippen LogP contribution in [0.2, 0.25) is 0 Å². The third-order valence-electron chi connectivity index (χ3n) is 6.64. The van der Waals surface area contributed by atoms with Crippen LogP contribution in [0.25, 0.3) is 11.1 Å². The molecule has 0 heterocycles. The molecule has 0 N–H and O–H groups in total. The van der Waals surface area contributed by atoms with Crippen LogP contribution in [0, 0.1) is 0 Å². The van der Waals surface area contributed by atoms with Gasteiger partial charge in [-0.05, 0) is 54.2 Å². The first-order chi connectivity index (χ1) is 12.3. The summed E-state index contributed by atoms with van der Waals surface area (Å²) in [5.41, 5.74) is 7.40. The monoisotopic (exact) mass is 330 g/mol. The van der Waals surface area contributed by atoms with Crippen LogP contribution < -0.4 is 5.46 Å². The molecule has 0 nitrogen and oxygen atoms in total. The van der Waals surface area contributed by atoms with Crippen LogP contribution in [-0.4, -0.2) is 7.85 Å². The zero-order chi connectivity index (χ0) is 17.1. The van der Waals surface area contributed by atoms with Crippen LogP contribution in [-0.2, 0) is 0 Å². The Morgan fingerprint density at radius 1 is 0.600 bits per heavy atom. The van der Waals surface area contributed by atoms with Gasteiger partial charge in [-0.2, -0.15) is 0 Å². The van der Waals surface area contributed by atoms with E-state index < -0.39 is 0 Å². The van der Waals surface area contributed by atoms with E-state index in [1.165, 1.54) is 80.8 Å². The highest BCUT2D eigenvalue weighted by molar-refractivity contribution is 6.33. The molecule has 0 aromatic heterocycles. The Balaban J connectivity index is 1.52. The van der Waals surface area contributed by atoms with E-state index in [9.17, 15) is 0 Å². The third kappa shape index (κ3) is 3.86. The van der Waals surface area contributed by atoms with E-state index in [4.69, 9.17) is 0 Å². The van der Waals surface area contributed by atoms with Crippen molar-refractivity contribution in [1.82, 2.24) is 0 Å². The molecule has 4 rings (SSSR count). The normalized spacial score (nSPS) is 19.8. The molecule has 0 bridgehead atoms. The van der Waals surface area contributed by atoms with Gasteiger partial charge in [-0.1, -0.05) is 92.0 Å². The molecule has 0 saturated heterocycles. The second kappa shape index (κ2) is 7.81. The molecule has 2 aromatic carbocycles. The first-order valence-electron chi connectivity index (χ1n) is 10.5. The third-order valence-corrected chi connectivity index (χ3v) is 6.64. The van der Waals surface area contributed by atoms with E-state index in [0.29, 0.717) is 0 Å². The Kier molecular flexibility index (Phi) is 5.29. The molecule has 2 aliphatic carbocycles. The lowest BCUT2D eigenvalue weighted by atomic mass is 9.76. The number of hydrogen-bond acceptors (Lipinski definition) is 0. The second-order valence-corrected chi connectivity index (χ2v) is 8.36. The van der Waals surface area contributed by atoms with Crippen molar-refractivity contribution in [3.63, 3.8) is 0 Å². The van der Waals surface area contributed by atoms with Gasteiger partial charge in [0.2, 0.25) is 0 Å². The highest BCUT2D eigenvalue weighted by atomic mass is 14.2. The molecule has 2 aliphatic rings. The molecule has 2 aromatic rings. The first-order valence-corrected chi connectivity index (χ1v) is 10.5. The van der Waals surface area contributed by atoms with Crippen molar-refractivity contribution in [3.8, 4) is 11.1 Å². The average molecular weight is 330 g/mol.